The Morgan fingerprint density at radius 1 is 1.22 bits per heavy atom. The third kappa shape index (κ3) is 5.27. The number of thiazole rings is 1. The second kappa shape index (κ2) is 10.5. The van der Waals surface area contributed by atoms with Crippen LogP contribution in [0.2, 0.25) is 0 Å². The van der Waals surface area contributed by atoms with Gasteiger partial charge in [0.05, 0.1) is 24.4 Å². The fourth-order valence-electron chi connectivity index (χ4n) is 2.90. The minimum atomic E-state index is -0.548. The summed E-state index contributed by atoms with van der Waals surface area (Å²) in [5.41, 5.74) is 3.76. The lowest BCUT2D eigenvalue weighted by molar-refractivity contribution is -0.385. The molecule has 3 rings (SSSR count). The van der Waals surface area contributed by atoms with E-state index in [1.807, 2.05) is 37.3 Å². The molecule has 0 aliphatic carbocycles. The molecule has 0 spiro atoms. The molecule has 1 N–H and O–H groups in total. The summed E-state index contributed by atoms with van der Waals surface area (Å²) in [6, 6.07) is 12.4. The number of amides is 1. The number of benzene rings is 2. The molecule has 1 amide bonds. The van der Waals surface area contributed by atoms with Crippen molar-refractivity contribution in [1.29, 1.82) is 0 Å². The first-order chi connectivity index (χ1) is 15.4. The summed E-state index contributed by atoms with van der Waals surface area (Å²) in [6.45, 7) is 5.87. The second-order valence-electron chi connectivity index (χ2n) is 6.48. The van der Waals surface area contributed by atoms with Crippen molar-refractivity contribution in [3.8, 4) is 22.1 Å². The van der Waals surface area contributed by atoms with Crippen LogP contribution in [0.4, 0.5) is 5.69 Å². The van der Waals surface area contributed by atoms with Gasteiger partial charge in [0, 0.05) is 22.1 Å². The minimum absolute atomic E-state index is 0.0621. The van der Waals surface area contributed by atoms with Crippen LogP contribution in [-0.4, -0.2) is 35.2 Å². The van der Waals surface area contributed by atoms with E-state index in [0.717, 1.165) is 15.4 Å². The maximum atomic E-state index is 12.6. The van der Waals surface area contributed by atoms with Gasteiger partial charge in [0.25, 0.3) is 5.91 Å². The lowest BCUT2D eigenvalue weighted by Crippen LogP contribution is -2.19. The number of nitrogens with one attached hydrogen (secondary N) is 1. The summed E-state index contributed by atoms with van der Waals surface area (Å²) in [5, 5.41) is 16.2. The van der Waals surface area contributed by atoms with Crippen molar-refractivity contribution >= 4 is 29.1 Å². The van der Waals surface area contributed by atoms with Gasteiger partial charge in [-0.25, -0.2) is 10.4 Å². The van der Waals surface area contributed by atoms with Crippen molar-refractivity contribution in [2.24, 2.45) is 5.10 Å². The number of nitro groups is 1. The van der Waals surface area contributed by atoms with Crippen LogP contribution in [0.15, 0.2) is 47.6 Å². The highest BCUT2D eigenvalue weighted by Crippen LogP contribution is 2.38. The molecule has 0 aliphatic rings. The topological polar surface area (TPSA) is 116 Å². The first kappa shape index (κ1) is 22.9. The van der Waals surface area contributed by atoms with Crippen molar-refractivity contribution < 1.29 is 19.2 Å². The lowest BCUT2D eigenvalue weighted by atomic mass is 10.2. The van der Waals surface area contributed by atoms with E-state index in [4.69, 9.17) is 9.47 Å². The van der Waals surface area contributed by atoms with Crippen LogP contribution in [0, 0.1) is 17.0 Å². The van der Waals surface area contributed by atoms with Gasteiger partial charge in [-0.05, 0) is 26.8 Å². The van der Waals surface area contributed by atoms with E-state index in [1.54, 1.807) is 19.9 Å². The number of hydrazone groups is 1. The predicted molar refractivity (Wildman–Crippen MR) is 123 cm³/mol. The summed E-state index contributed by atoms with van der Waals surface area (Å²) in [4.78, 5) is 28.7. The van der Waals surface area contributed by atoms with Gasteiger partial charge in [-0.2, -0.15) is 5.10 Å². The number of ether oxygens (including phenoxy) is 2. The normalized spacial score (nSPS) is 10.8. The van der Waals surface area contributed by atoms with Crippen molar-refractivity contribution in [3.05, 3.63) is 68.7 Å². The zero-order valence-corrected chi connectivity index (χ0v) is 18.6. The Labute approximate surface area is 188 Å². The standard InChI is InChI=1S/C22H22N4O5S/c1-4-30-18-12-15(11-17(26(28)29)20(18)31-5-2)13-23-25-21(27)19-14(3)32-22(24-19)16-9-7-6-8-10-16/h6-13H,4-5H2,1-3H3,(H,25,27)/b23-13-. The molecule has 0 unspecified atom stereocenters. The fraction of sp³-hybridized carbons (Fsp3) is 0.227. The second-order valence-corrected chi connectivity index (χ2v) is 7.68. The van der Waals surface area contributed by atoms with Gasteiger partial charge in [0.2, 0.25) is 5.75 Å². The number of hydrogen-bond acceptors (Lipinski definition) is 8. The van der Waals surface area contributed by atoms with Gasteiger partial charge in [-0.3, -0.25) is 14.9 Å². The zero-order valence-electron chi connectivity index (χ0n) is 17.8. The summed E-state index contributed by atoms with van der Waals surface area (Å²) in [6.07, 6.45) is 1.31. The largest absolute Gasteiger partial charge is 0.490 e. The van der Waals surface area contributed by atoms with Crippen molar-refractivity contribution in [2.75, 3.05) is 13.2 Å². The predicted octanol–water partition coefficient (Wildman–Crippen LogP) is 4.59. The van der Waals surface area contributed by atoms with Crippen LogP contribution in [0.5, 0.6) is 11.5 Å². The molecule has 2 aromatic carbocycles. The fourth-order valence-corrected chi connectivity index (χ4v) is 3.82. The monoisotopic (exact) mass is 454 g/mol. The highest BCUT2D eigenvalue weighted by molar-refractivity contribution is 7.15. The number of nitrogens with zero attached hydrogens (tertiary/aromatic N) is 3. The Morgan fingerprint density at radius 3 is 2.59 bits per heavy atom. The molecule has 9 nitrogen and oxygen atoms in total. The minimum Gasteiger partial charge on any atom is -0.490 e. The molecule has 32 heavy (non-hydrogen) atoms. The van der Waals surface area contributed by atoms with Crippen molar-refractivity contribution in [2.45, 2.75) is 20.8 Å². The molecule has 3 aromatic rings. The Balaban J connectivity index is 1.80. The molecule has 0 aliphatic heterocycles. The van der Waals surface area contributed by atoms with Crippen LogP contribution in [0.3, 0.4) is 0 Å². The zero-order chi connectivity index (χ0) is 23.1. The SMILES string of the molecule is CCOc1cc(/C=N\NC(=O)c2nc(-c3ccccc3)sc2C)cc([N+](=O)[O-])c1OCC. The van der Waals surface area contributed by atoms with Crippen LogP contribution in [-0.2, 0) is 0 Å². The van der Waals surface area contributed by atoms with Crippen LogP contribution < -0.4 is 14.9 Å². The van der Waals surface area contributed by atoms with E-state index < -0.39 is 10.8 Å². The van der Waals surface area contributed by atoms with E-state index in [9.17, 15) is 14.9 Å². The molecule has 166 valence electrons. The summed E-state index contributed by atoms with van der Waals surface area (Å²) < 4.78 is 10.9. The molecule has 1 heterocycles. The van der Waals surface area contributed by atoms with Gasteiger partial charge < -0.3 is 9.47 Å². The molecule has 10 heteroatoms. The Morgan fingerprint density at radius 2 is 1.94 bits per heavy atom. The number of rotatable bonds is 9. The summed E-state index contributed by atoms with van der Waals surface area (Å²) in [5.74, 6) is -0.172. The number of aryl methyl sites for hydroxylation is 1. The molecule has 1 aromatic heterocycles. The average Bonchev–Trinajstić information content (AvgIpc) is 3.17. The number of hydrogen-bond donors (Lipinski definition) is 1. The van der Waals surface area contributed by atoms with Gasteiger partial charge in [0.15, 0.2) is 5.75 Å². The summed E-state index contributed by atoms with van der Waals surface area (Å²) >= 11 is 1.42. The number of nitro benzene ring substituents is 1. The van der Waals surface area contributed by atoms with Crippen LogP contribution in [0.1, 0.15) is 34.8 Å². The Kier molecular flexibility index (Phi) is 7.50. The third-order valence-corrected chi connectivity index (χ3v) is 5.27. The van der Waals surface area contributed by atoms with Gasteiger partial charge >= 0.3 is 5.69 Å². The number of carbonyl (C=O) groups excluding carboxylic acids is 1. The van der Waals surface area contributed by atoms with E-state index in [1.165, 1.54) is 23.6 Å². The third-order valence-electron chi connectivity index (χ3n) is 4.25. The average molecular weight is 455 g/mol. The maximum Gasteiger partial charge on any atom is 0.315 e. The van der Waals surface area contributed by atoms with Crippen molar-refractivity contribution in [1.82, 2.24) is 10.4 Å². The summed E-state index contributed by atoms with van der Waals surface area (Å²) in [7, 11) is 0. The quantitative estimate of drug-likeness (QED) is 0.287. The molecule has 0 fully saturated rings. The van der Waals surface area contributed by atoms with Crippen molar-refractivity contribution in [3.63, 3.8) is 0 Å². The maximum absolute atomic E-state index is 12.6. The first-order valence-electron chi connectivity index (χ1n) is 9.88. The van der Waals surface area contributed by atoms with Gasteiger partial charge in [-0.15, -0.1) is 11.3 Å². The van der Waals surface area contributed by atoms with E-state index in [-0.39, 0.29) is 29.5 Å². The molecule has 0 radical (unpaired) electrons. The Hall–Kier alpha value is -3.79. The molecule has 0 bridgehead atoms. The smallest absolute Gasteiger partial charge is 0.315 e. The Bertz CT molecular complexity index is 1140. The highest BCUT2D eigenvalue weighted by Gasteiger charge is 2.22. The highest BCUT2D eigenvalue weighted by atomic mass is 32.1. The molecular formula is C22H22N4O5S. The van der Waals surface area contributed by atoms with Gasteiger partial charge in [-0.1, -0.05) is 30.3 Å². The first-order valence-corrected chi connectivity index (χ1v) is 10.7. The number of aromatic nitrogens is 1. The van der Waals surface area contributed by atoms with Crippen LogP contribution in [0.25, 0.3) is 10.6 Å². The van der Waals surface area contributed by atoms with E-state index >= 15 is 0 Å². The molecular weight excluding hydrogens is 432 g/mol. The van der Waals surface area contributed by atoms with E-state index in [2.05, 4.69) is 15.5 Å². The van der Waals surface area contributed by atoms with Crippen LogP contribution >= 0.6 is 11.3 Å². The lowest BCUT2D eigenvalue weighted by Gasteiger charge is -2.11. The van der Waals surface area contributed by atoms with E-state index in [0.29, 0.717) is 12.2 Å². The van der Waals surface area contributed by atoms with Gasteiger partial charge in [0.1, 0.15) is 10.7 Å². The molecule has 0 saturated heterocycles. The molecule has 0 atom stereocenters. The number of carbonyl (C=O) groups is 1. The molecule has 0 saturated carbocycles.